The van der Waals surface area contributed by atoms with Crippen LogP contribution in [0.25, 0.3) is 11.1 Å². The molecule has 0 aliphatic carbocycles. The Labute approximate surface area is 164 Å². The van der Waals surface area contributed by atoms with Crippen molar-refractivity contribution in [2.24, 2.45) is 0 Å². The Kier molecular flexibility index (Phi) is 4.73. The highest BCUT2D eigenvalue weighted by Crippen LogP contribution is 2.48. The minimum absolute atomic E-state index is 0.0402. The molecule has 0 fully saturated rings. The van der Waals surface area contributed by atoms with Crippen LogP contribution >= 0.6 is 0 Å². The van der Waals surface area contributed by atoms with Gasteiger partial charge in [-0.15, -0.1) is 8.78 Å². The standard InChI is InChI=1S/C20H18F2N2O5/c1-11(25)23-10-18(26)24-15-7-8-27-16-6-5-12(9-14(15)16)13-3-2-4-17-19(13)29-20(21,22)28-17/h2-6,9,15H,7-8,10H2,1H3,(H,23,25)(H,24,26). The van der Waals surface area contributed by atoms with Crippen molar-refractivity contribution in [3.8, 4) is 28.4 Å². The maximum atomic E-state index is 13.5. The first kappa shape index (κ1) is 19.0. The van der Waals surface area contributed by atoms with Gasteiger partial charge in [0.15, 0.2) is 11.5 Å². The lowest BCUT2D eigenvalue weighted by molar-refractivity contribution is -0.286. The number of nitrogens with one attached hydrogen (secondary N) is 2. The van der Waals surface area contributed by atoms with Crippen LogP contribution in [-0.2, 0) is 9.59 Å². The Morgan fingerprint density at radius 3 is 2.79 bits per heavy atom. The number of benzene rings is 2. The van der Waals surface area contributed by atoms with Gasteiger partial charge < -0.3 is 24.8 Å². The van der Waals surface area contributed by atoms with Crippen LogP contribution in [0.4, 0.5) is 8.78 Å². The highest BCUT2D eigenvalue weighted by molar-refractivity contribution is 5.84. The van der Waals surface area contributed by atoms with Crippen LogP contribution < -0.4 is 24.8 Å². The molecule has 4 rings (SSSR count). The van der Waals surface area contributed by atoms with E-state index in [-0.39, 0.29) is 35.9 Å². The predicted molar refractivity (Wildman–Crippen MR) is 97.8 cm³/mol. The summed E-state index contributed by atoms with van der Waals surface area (Å²) < 4.78 is 41.8. The molecule has 2 aliphatic heterocycles. The predicted octanol–water partition coefficient (Wildman–Crippen LogP) is 2.75. The second-order valence-corrected chi connectivity index (χ2v) is 6.72. The van der Waals surface area contributed by atoms with Gasteiger partial charge in [-0.3, -0.25) is 9.59 Å². The number of carbonyl (C=O) groups is 2. The number of fused-ring (bicyclic) bond motifs is 2. The molecular formula is C20H18F2N2O5. The SMILES string of the molecule is CC(=O)NCC(=O)NC1CCOc2ccc(-c3cccc4c3OC(F)(F)O4)cc21. The fourth-order valence-corrected chi connectivity index (χ4v) is 3.36. The Morgan fingerprint density at radius 1 is 1.17 bits per heavy atom. The van der Waals surface area contributed by atoms with E-state index < -0.39 is 6.29 Å². The summed E-state index contributed by atoms with van der Waals surface area (Å²) in [6, 6.07) is 9.55. The number of hydrogen-bond donors (Lipinski definition) is 2. The van der Waals surface area contributed by atoms with Crippen molar-refractivity contribution in [2.75, 3.05) is 13.2 Å². The Morgan fingerprint density at radius 2 is 2.00 bits per heavy atom. The number of ether oxygens (including phenoxy) is 3. The molecule has 0 bridgehead atoms. The van der Waals surface area contributed by atoms with Crippen LogP contribution in [0, 0.1) is 0 Å². The molecule has 152 valence electrons. The first-order chi connectivity index (χ1) is 13.8. The van der Waals surface area contributed by atoms with Crippen molar-refractivity contribution in [3.05, 3.63) is 42.0 Å². The molecular weight excluding hydrogens is 386 g/mol. The van der Waals surface area contributed by atoms with Crippen LogP contribution in [0.2, 0.25) is 0 Å². The lowest BCUT2D eigenvalue weighted by Crippen LogP contribution is -2.39. The van der Waals surface area contributed by atoms with Crippen molar-refractivity contribution in [2.45, 2.75) is 25.7 Å². The molecule has 0 saturated heterocycles. The number of rotatable bonds is 4. The molecule has 9 heteroatoms. The van der Waals surface area contributed by atoms with Crippen molar-refractivity contribution in [1.82, 2.24) is 10.6 Å². The summed E-state index contributed by atoms with van der Waals surface area (Å²) >= 11 is 0. The molecule has 2 aromatic carbocycles. The quantitative estimate of drug-likeness (QED) is 0.819. The topological polar surface area (TPSA) is 85.9 Å². The highest BCUT2D eigenvalue weighted by Gasteiger charge is 2.44. The van der Waals surface area contributed by atoms with E-state index in [0.717, 1.165) is 0 Å². The van der Waals surface area contributed by atoms with Crippen molar-refractivity contribution < 1.29 is 32.6 Å². The first-order valence-corrected chi connectivity index (χ1v) is 9.02. The Hall–Kier alpha value is -3.36. The number of para-hydroxylation sites is 1. The Bertz CT molecular complexity index is 979. The van der Waals surface area contributed by atoms with Gasteiger partial charge in [-0.1, -0.05) is 18.2 Å². The van der Waals surface area contributed by atoms with Crippen molar-refractivity contribution in [1.29, 1.82) is 0 Å². The summed E-state index contributed by atoms with van der Waals surface area (Å²) in [4.78, 5) is 23.1. The average molecular weight is 404 g/mol. The molecule has 1 atom stereocenters. The largest absolute Gasteiger partial charge is 0.586 e. The molecule has 1 unspecified atom stereocenters. The molecule has 0 spiro atoms. The summed E-state index contributed by atoms with van der Waals surface area (Å²) in [7, 11) is 0. The van der Waals surface area contributed by atoms with Gasteiger partial charge in [0.1, 0.15) is 5.75 Å². The minimum atomic E-state index is -3.71. The van der Waals surface area contributed by atoms with Crippen LogP contribution in [0.15, 0.2) is 36.4 Å². The molecule has 2 heterocycles. The molecule has 2 amide bonds. The van der Waals surface area contributed by atoms with Gasteiger partial charge in [0, 0.05) is 24.5 Å². The maximum Gasteiger partial charge on any atom is 0.586 e. The fourth-order valence-electron chi connectivity index (χ4n) is 3.36. The average Bonchev–Trinajstić information content (AvgIpc) is 3.00. The number of hydrogen-bond acceptors (Lipinski definition) is 5. The van der Waals surface area contributed by atoms with Crippen LogP contribution in [-0.4, -0.2) is 31.3 Å². The Balaban J connectivity index is 1.63. The lowest BCUT2D eigenvalue weighted by atomic mass is 9.95. The summed E-state index contributed by atoms with van der Waals surface area (Å²) in [5.41, 5.74) is 1.78. The van der Waals surface area contributed by atoms with E-state index >= 15 is 0 Å². The zero-order chi connectivity index (χ0) is 20.6. The summed E-state index contributed by atoms with van der Waals surface area (Å²) in [5.74, 6) is -0.117. The molecule has 29 heavy (non-hydrogen) atoms. The third-order valence-corrected chi connectivity index (χ3v) is 4.62. The van der Waals surface area contributed by atoms with E-state index in [1.54, 1.807) is 30.3 Å². The van der Waals surface area contributed by atoms with Crippen LogP contribution in [0.5, 0.6) is 17.2 Å². The maximum absolute atomic E-state index is 13.5. The number of amides is 2. The van der Waals surface area contributed by atoms with E-state index in [2.05, 4.69) is 20.1 Å². The monoisotopic (exact) mass is 404 g/mol. The van der Waals surface area contributed by atoms with Crippen LogP contribution in [0.3, 0.4) is 0 Å². The second kappa shape index (κ2) is 7.23. The van der Waals surface area contributed by atoms with E-state index in [9.17, 15) is 18.4 Å². The van der Waals surface area contributed by atoms with Gasteiger partial charge in [0.05, 0.1) is 19.2 Å². The third-order valence-electron chi connectivity index (χ3n) is 4.62. The molecule has 0 aromatic heterocycles. The van der Waals surface area contributed by atoms with Gasteiger partial charge >= 0.3 is 6.29 Å². The fraction of sp³-hybridized carbons (Fsp3) is 0.300. The summed E-state index contributed by atoms with van der Waals surface area (Å²) in [6.07, 6.45) is -3.18. The minimum Gasteiger partial charge on any atom is -0.493 e. The summed E-state index contributed by atoms with van der Waals surface area (Å²) in [5, 5.41) is 5.31. The van der Waals surface area contributed by atoms with E-state index in [1.807, 2.05) is 0 Å². The normalized spacial score (nSPS) is 18.4. The zero-order valence-electron chi connectivity index (χ0n) is 15.5. The molecule has 2 N–H and O–H groups in total. The molecule has 2 aliphatic rings. The molecule has 2 aromatic rings. The van der Waals surface area contributed by atoms with Gasteiger partial charge in [-0.25, -0.2) is 0 Å². The molecule has 0 saturated carbocycles. The van der Waals surface area contributed by atoms with Gasteiger partial charge in [0.25, 0.3) is 0 Å². The van der Waals surface area contributed by atoms with Crippen molar-refractivity contribution in [3.63, 3.8) is 0 Å². The second-order valence-electron chi connectivity index (χ2n) is 6.72. The number of halogens is 2. The third kappa shape index (κ3) is 3.94. The summed E-state index contributed by atoms with van der Waals surface area (Å²) in [6.45, 7) is 1.62. The van der Waals surface area contributed by atoms with Gasteiger partial charge in [-0.2, -0.15) is 0 Å². The van der Waals surface area contributed by atoms with Gasteiger partial charge in [0.2, 0.25) is 11.8 Å². The van der Waals surface area contributed by atoms with Crippen molar-refractivity contribution >= 4 is 11.8 Å². The molecule has 7 nitrogen and oxygen atoms in total. The van der Waals surface area contributed by atoms with E-state index in [0.29, 0.717) is 35.5 Å². The smallest absolute Gasteiger partial charge is 0.493 e. The molecule has 0 radical (unpaired) electrons. The zero-order valence-corrected chi connectivity index (χ0v) is 15.5. The number of carbonyl (C=O) groups excluding carboxylic acids is 2. The van der Waals surface area contributed by atoms with E-state index in [1.165, 1.54) is 13.0 Å². The number of alkyl halides is 2. The lowest BCUT2D eigenvalue weighted by Gasteiger charge is -2.27. The van der Waals surface area contributed by atoms with E-state index in [4.69, 9.17) is 4.74 Å². The highest BCUT2D eigenvalue weighted by atomic mass is 19.3. The first-order valence-electron chi connectivity index (χ1n) is 9.02. The van der Waals surface area contributed by atoms with Gasteiger partial charge in [-0.05, 0) is 23.8 Å². The van der Waals surface area contributed by atoms with Crippen LogP contribution in [0.1, 0.15) is 24.9 Å².